The van der Waals surface area contributed by atoms with Crippen molar-refractivity contribution in [3.63, 3.8) is 0 Å². The Morgan fingerprint density at radius 3 is 2.57 bits per heavy atom. The third-order valence-electron chi connectivity index (χ3n) is 6.45. The maximum absolute atomic E-state index is 12.9. The number of carbonyl (C=O) groups excluding carboxylic acids is 1. The summed E-state index contributed by atoms with van der Waals surface area (Å²) in [6.07, 6.45) is 3.13. The van der Waals surface area contributed by atoms with Crippen LogP contribution in [0.3, 0.4) is 0 Å². The average molecular weight is 440 g/mol. The number of piperidine rings is 1. The molecule has 0 aliphatic carbocycles. The third kappa shape index (κ3) is 3.71. The number of fused-ring (bicyclic) bond motifs is 3. The molecule has 5 rings (SSSR count). The highest BCUT2D eigenvalue weighted by atomic mass is 35.5. The Kier molecular flexibility index (Phi) is 5.22. The van der Waals surface area contributed by atoms with Crippen LogP contribution in [0.2, 0.25) is 10.0 Å². The lowest BCUT2D eigenvalue weighted by atomic mass is 9.81. The molecule has 0 unspecified atom stereocenters. The molecule has 2 heterocycles. The lowest BCUT2D eigenvalue weighted by molar-refractivity contribution is -0.00754. The molecule has 1 fully saturated rings. The summed E-state index contributed by atoms with van der Waals surface area (Å²) >= 11 is 12.1. The van der Waals surface area contributed by atoms with Crippen molar-refractivity contribution in [1.82, 2.24) is 4.90 Å². The second-order valence-electron chi connectivity index (χ2n) is 8.39. The van der Waals surface area contributed by atoms with Crippen molar-refractivity contribution in [2.45, 2.75) is 31.3 Å². The van der Waals surface area contributed by atoms with Crippen LogP contribution in [0.5, 0.6) is 5.75 Å². The van der Waals surface area contributed by atoms with Crippen LogP contribution in [0.4, 0.5) is 0 Å². The van der Waals surface area contributed by atoms with Crippen LogP contribution in [0.15, 0.2) is 54.6 Å². The van der Waals surface area contributed by atoms with E-state index in [1.165, 1.54) is 5.56 Å². The minimum atomic E-state index is -0.381. The highest BCUT2D eigenvalue weighted by Crippen LogP contribution is 2.42. The summed E-state index contributed by atoms with van der Waals surface area (Å²) in [7, 11) is 0. The zero-order valence-corrected chi connectivity index (χ0v) is 18.2. The smallest absolute Gasteiger partial charge is 0.170 e. The summed E-state index contributed by atoms with van der Waals surface area (Å²) in [5, 5.41) is 3.34. The fourth-order valence-corrected chi connectivity index (χ4v) is 4.98. The number of halogens is 2. The standard InChI is InChI=1S/C25H23Cl2NO2/c26-21-8-5-17(15-22(21)27)9-12-28-13-10-25(11-14-28)16-23(29)20-7-6-18-3-1-2-4-19(18)24(20)30-25/h1-8,15H,9-14,16H2. The van der Waals surface area contributed by atoms with Gasteiger partial charge in [-0.25, -0.2) is 0 Å². The first-order chi connectivity index (χ1) is 14.5. The Balaban J connectivity index is 1.28. The van der Waals surface area contributed by atoms with Crippen molar-refractivity contribution in [3.8, 4) is 5.75 Å². The summed E-state index contributed by atoms with van der Waals surface area (Å²) < 4.78 is 6.60. The van der Waals surface area contributed by atoms with Crippen molar-refractivity contribution < 1.29 is 9.53 Å². The number of ether oxygens (including phenoxy) is 1. The van der Waals surface area contributed by atoms with Gasteiger partial charge < -0.3 is 9.64 Å². The molecule has 0 saturated carbocycles. The summed E-state index contributed by atoms with van der Waals surface area (Å²) in [6.45, 7) is 2.81. The van der Waals surface area contributed by atoms with Gasteiger partial charge in [0.25, 0.3) is 0 Å². The highest BCUT2D eigenvalue weighted by molar-refractivity contribution is 6.42. The van der Waals surface area contributed by atoms with Crippen LogP contribution in [-0.4, -0.2) is 35.9 Å². The molecule has 1 saturated heterocycles. The Bertz CT molecular complexity index is 1120. The quantitative estimate of drug-likeness (QED) is 0.487. The summed E-state index contributed by atoms with van der Waals surface area (Å²) in [5.41, 5.74) is 1.53. The van der Waals surface area contributed by atoms with Gasteiger partial charge in [0.15, 0.2) is 5.78 Å². The maximum atomic E-state index is 12.9. The van der Waals surface area contributed by atoms with E-state index in [-0.39, 0.29) is 11.4 Å². The van der Waals surface area contributed by atoms with Crippen LogP contribution in [0, 0.1) is 0 Å². The van der Waals surface area contributed by atoms with Gasteiger partial charge in [0.1, 0.15) is 11.4 Å². The Hall–Kier alpha value is -2.07. The molecule has 0 N–H and O–H groups in total. The predicted molar refractivity (Wildman–Crippen MR) is 122 cm³/mol. The van der Waals surface area contributed by atoms with Crippen molar-refractivity contribution in [2.24, 2.45) is 0 Å². The highest BCUT2D eigenvalue weighted by Gasteiger charge is 2.43. The second kappa shape index (κ2) is 7.88. The summed E-state index contributed by atoms with van der Waals surface area (Å²) in [6, 6.07) is 17.9. The molecule has 2 aliphatic rings. The predicted octanol–water partition coefficient (Wildman–Crippen LogP) is 6.19. The molecule has 3 aromatic rings. The molecule has 3 nitrogen and oxygen atoms in total. The maximum Gasteiger partial charge on any atom is 0.170 e. The van der Waals surface area contributed by atoms with E-state index in [0.29, 0.717) is 16.5 Å². The van der Waals surface area contributed by atoms with Crippen LogP contribution < -0.4 is 4.74 Å². The van der Waals surface area contributed by atoms with Crippen molar-refractivity contribution >= 4 is 39.8 Å². The fraction of sp³-hybridized carbons (Fsp3) is 0.320. The SMILES string of the molecule is O=C1CC2(CCN(CCc3ccc(Cl)c(Cl)c3)CC2)Oc2c1ccc1ccccc21. The van der Waals surface area contributed by atoms with Crippen LogP contribution in [-0.2, 0) is 6.42 Å². The summed E-state index contributed by atoms with van der Waals surface area (Å²) in [4.78, 5) is 15.4. The molecule has 154 valence electrons. The van der Waals surface area contributed by atoms with E-state index in [2.05, 4.69) is 11.0 Å². The second-order valence-corrected chi connectivity index (χ2v) is 9.20. The number of Topliss-reactive ketones (excluding diaryl/α,β-unsaturated/α-hetero) is 1. The number of ketones is 1. The van der Waals surface area contributed by atoms with Gasteiger partial charge in [-0.3, -0.25) is 4.79 Å². The lowest BCUT2D eigenvalue weighted by Gasteiger charge is -2.44. The molecule has 0 bridgehead atoms. The number of hydrogen-bond acceptors (Lipinski definition) is 3. The molecule has 1 spiro atoms. The van der Waals surface area contributed by atoms with E-state index in [0.717, 1.165) is 61.0 Å². The van der Waals surface area contributed by atoms with Gasteiger partial charge in [-0.1, -0.05) is 59.6 Å². The van der Waals surface area contributed by atoms with Crippen molar-refractivity contribution in [3.05, 3.63) is 75.8 Å². The minimum Gasteiger partial charge on any atom is -0.485 e. The zero-order chi connectivity index (χ0) is 20.7. The number of hydrogen-bond donors (Lipinski definition) is 0. The third-order valence-corrected chi connectivity index (χ3v) is 7.19. The average Bonchev–Trinajstić information content (AvgIpc) is 2.76. The van der Waals surface area contributed by atoms with Crippen LogP contribution >= 0.6 is 23.2 Å². The first-order valence-electron chi connectivity index (χ1n) is 10.4. The van der Waals surface area contributed by atoms with E-state index in [9.17, 15) is 4.79 Å². The number of likely N-dealkylation sites (tertiary alicyclic amines) is 1. The number of carbonyl (C=O) groups is 1. The van der Waals surface area contributed by atoms with Gasteiger partial charge in [0.2, 0.25) is 0 Å². The van der Waals surface area contributed by atoms with Gasteiger partial charge in [0, 0.05) is 37.9 Å². The largest absolute Gasteiger partial charge is 0.485 e. The number of nitrogens with zero attached hydrogens (tertiary/aromatic N) is 1. The van der Waals surface area contributed by atoms with Gasteiger partial charge in [-0.15, -0.1) is 0 Å². The fourth-order valence-electron chi connectivity index (χ4n) is 4.66. The monoisotopic (exact) mass is 439 g/mol. The lowest BCUT2D eigenvalue weighted by Crippen LogP contribution is -2.51. The molecule has 0 aromatic heterocycles. The Morgan fingerprint density at radius 2 is 1.77 bits per heavy atom. The summed E-state index contributed by atoms with van der Waals surface area (Å²) in [5.74, 6) is 0.972. The van der Waals surface area contributed by atoms with Crippen LogP contribution in [0.25, 0.3) is 10.8 Å². The van der Waals surface area contributed by atoms with Gasteiger partial charge in [-0.05, 0) is 35.6 Å². The Labute approximate surface area is 186 Å². The molecular formula is C25H23Cl2NO2. The molecular weight excluding hydrogens is 417 g/mol. The Morgan fingerprint density at radius 1 is 0.967 bits per heavy atom. The molecule has 5 heteroatoms. The van der Waals surface area contributed by atoms with E-state index in [1.54, 1.807) is 0 Å². The molecule has 2 aliphatic heterocycles. The van der Waals surface area contributed by atoms with Crippen molar-refractivity contribution in [1.29, 1.82) is 0 Å². The van der Waals surface area contributed by atoms with Gasteiger partial charge in [-0.2, -0.15) is 0 Å². The topological polar surface area (TPSA) is 29.5 Å². The zero-order valence-electron chi connectivity index (χ0n) is 16.7. The molecule has 30 heavy (non-hydrogen) atoms. The first kappa shape index (κ1) is 19.9. The number of benzene rings is 3. The molecule has 0 atom stereocenters. The molecule has 3 aromatic carbocycles. The molecule has 0 radical (unpaired) electrons. The molecule has 0 amide bonds. The van der Waals surface area contributed by atoms with Crippen molar-refractivity contribution in [2.75, 3.05) is 19.6 Å². The van der Waals surface area contributed by atoms with E-state index >= 15 is 0 Å². The van der Waals surface area contributed by atoms with Gasteiger partial charge in [0.05, 0.1) is 22.0 Å². The van der Waals surface area contributed by atoms with E-state index in [4.69, 9.17) is 27.9 Å². The van der Waals surface area contributed by atoms with E-state index < -0.39 is 0 Å². The normalized spacial score (nSPS) is 18.4. The number of rotatable bonds is 3. The minimum absolute atomic E-state index is 0.200. The van der Waals surface area contributed by atoms with Crippen LogP contribution in [0.1, 0.15) is 35.2 Å². The van der Waals surface area contributed by atoms with E-state index in [1.807, 2.05) is 48.5 Å². The first-order valence-corrected chi connectivity index (χ1v) is 11.2. The van der Waals surface area contributed by atoms with Gasteiger partial charge >= 0.3 is 0 Å².